The van der Waals surface area contributed by atoms with Gasteiger partial charge >= 0.3 is 0 Å². The van der Waals surface area contributed by atoms with Crippen LogP contribution in [0, 0.1) is 0 Å². The maximum absolute atomic E-state index is 6.88. The van der Waals surface area contributed by atoms with Gasteiger partial charge in [0.15, 0.2) is 0 Å². The summed E-state index contributed by atoms with van der Waals surface area (Å²) in [6.45, 7) is 7.17. The number of hydrogen-bond acceptors (Lipinski definition) is 0. The van der Waals surface area contributed by atoms with Crippen LogP contribution in [0.25, 0.3) is 10.8 Å². The van der Waals surface area contributed by atoms with Crippen LogP contribution in [0.3, 0.4) is 0 Å². The third-order valence-corrected chi connectivity index (χ3v) is 10.3. The fourth-order valence-corrected chi connectivity index (χ4v) is 11.3. The molecule has 0 radical (unpaired) electrons. The fourth-order valence-electron chi connectivity index (χ4n) is 4.23. The molecule has 0 aromatic heterocycles. The zero-order valence-corrected chi connectivity index (χ0v) is 15.2. The molecule has 0 atom stereocenters. The second-order valence-corrected chi connectivity index (χ2v) is 11.9. The van der Waals surface area contributed by atoms with Gasteiger partial charge < -0.3 is 0 Å². The number of rotatable bonds is 1. The van der Waals surface area contributed by atoms with Crippen LogP contribution in [-0.4, -0.2) is 8.07 Å². The summed E-state index contributed by atoms with van der Waals surface area (Å²) in [6.07, 6.45) is 8.69. The van der Waals surface area contributed by atoms with Crippen molar-refractivity contribution in [1.82, 2.24) is 0 Å². The monoisotopic (exact) mass is 362 g/mol. The van der Waals surface area contributed by atoms with Gasteiger partial charge in [0.2, 0.25) is 0 Å². The van der Waals surface area contributed by atoms with E-state index in [-0.39, 0.29) is 0 Å². The van der Waals surface area contributed by atoms with E-state index in [2.05, 4.69) is 54.2 Å². The van der Waals surface area contributed by atoms with E-state index in [1.165, 1.54) is 31.9 Å². The van der Waals surface area contributed by atoms with Crippen molar-refractivity contribution < 1.29 is 0 Å². The van der Waals surface area contributed by atoms with Crippen LogP contribution in [-0.2, 0) is 6.42 Å². The summed E-state index contributed by atoms with van der Waals surface area (Å²) in [7, 11) is -1.62. The van der Waals surface area contributed by atoms with Crippen LogP contribution in [0.1, 0.15) is 30.0 Å². The number of fused-ring (bicyclic) bond motifs is 1. The molecule has 0 fully saturated rings. The van der Waals surface area contributed by atoms with Gasteiger partial charge in [0.25, 0.3) is 0 Å². The van der Waals surface area contributed by atoms with Crippen molar-refractivity contribution in [2.75, 3.05) is 0 Å². The molecule has 0 N–H and O–H groups in total. The molecule has 0 saturated heterocycles. The van der Waals surface area contributed by atoms with Gasteiger partial charge in [-0.1, -0.05) is 64.4 Å². The highest BCUT2D eigenvalue weighted by Gasteiger charge is 2.47. The fraction of sp³-hybridized carbons (Fsp3) is 0.294. The predicted molar refractivity (Wildman–Crippen MR) is 94.3 cm³/mol. The Kier molecular flexibility index (Phi) is 2.62. The second-order valence-electron chi connectivity index (χ2n) is 6.51. The highest BCUT2D eigenvalue weighted by Crippen LogP contribution is 2.53. The van der Waals surface area contributed by atoms with Gasteiger partial charge in [-0.05, 0) is 46.8 Å². The number of halogens is 2. The van der Waals surface area contributed by atoms with Gasteiger partial charge in [0.1, 0.15) is 8.07 Å². The summed E-state index contributed by atoms with van der Waals surface area (Å²) < 4.78 is 1.29. The van der Waals surface area contributed by atoms with E-state index in [0.29, 0.717) is 0 Å². The molecule has 4 rings (SSSR count). The first-order chi connectivity index (χ1) is 9.44. The minimum atomic E-state index is -1.62. The zero-order chi connectivity index (χ0) is 14.2. The Balaban J connectivity index is 2.12. The number of benzene rings is 1. The van der Waals surface area contributed by atoms with E-state index in [0.717, 1.165) is 17.9 Å². The Morgan fingerprint density at radius 3 is 2.65 bits per heavy atom. The van der Waals surface area contributed by atoms with E-state index in [1.54, 1.807) is 10.8 Å². The molecule has 2 bridgehead atoms. The number of hydrogen-bond donors (Lipinski definition) is 0. The Bertz CT molecular complexity index is 766. The van der Waals surface area contributed by atoms with E-state index < -0.39 is 8.07 Å². The minimum Gasteiger partial charge on any atom is -0.0837 e. The lowest BCUT2D eigenvalue weighted by molar-refractivity contribution is 1.17. The molecule has 1 aromatic rings. The molecule has 102 valence electrons. The van der Waals surface area contributed by atoms with Crippen molar-refractivity contribution >= 4 is 51.6 Å². The van der Waals surface area contributed by atoms with Crippen molar-refractivity contribution in [3.8, 4) is 0 Å². The molecule has 3 heteroatoms. The first-order valence-electron chi connectivity index (χ1n) is 7.05. The average molecular weight is 364 g/mol. The lowest BCUT2D eigenvalue weighted by atomic mass is 9.95. The SMILES string of the molecule is CC1=C2c3c(Br)c(c(Cl)c(C4=CC=CC4)c3C1)[Si]2(C)C. The second kappa shape index (κ2) is 4.00. The van der Waals surface area contributed by atoms with Gasteiger partial charge in [-0.15, -0.1) is 0 Å². The Labute approximate surface area is 134 Å². The topological polar surface area (TPSA) is 0 Å². The molecule has 1 aliphatic heterocycles. The summed E-state index contributed by atoms with van der Waals surface area (Å²) >= 11 is 10.7. The molecular formula is C17H16BrClSi. The zero-order valence-electron chi connectivity index (χ0n) is 11.9. The third kappa shape index (κ3) is 1.38. The Morgan fingerprint density at radius 1 is 1.25 bits per heavy atom. The summed E-state index contributed by atoms with van der Waals surface area (Å²) in [5, 5.41) is 4.06. The quantitative estimate of drug-likeness (QED) is 0.598. The van der Waals surface area contributed by atoms with Crippen molar-refractivity contribution in [2.45, 2.75) is 32.9 Å². The Morgan fingerprint density at radius 2 is 2.00 bits per heavy atom. The summed E-state index contributed by atoms with van der Waals surface area (Å²) in [6, 6.07) is 0. The van der Waals surface area contributed by atoms with E-state index >= 15 is 0 Å². The largest absolute Gasteiger partial charge is 0.116 e. The van der Waals surface area contributed by atoms with E-state index in [1.807, 2.05) is 0 Å². The van der Waals surface area contributed by atoms with Gasteiger partial charge in [-0.25, -0.2) is 0 Å². The first-order valence-corrected chi connectivity index (χ1v) is 11.2. The summed E-state index contributed by atoms with van der Waals surface area (Å²) in [5.74, 6) is 0. The van der Waals surface area contributed by atoms with E-state index in [4.69, 9.17) is 11.6 Å². The normalized spacial score (nSPS) is 21.1. The molecule has 3 aliphatic rings. The predicted octanol–water partition coefficient (Wildman–Crippen LogP) is 5.24. The van der Waals surface area contributed by atoms with Crippen molar-refractivity contribution in [3.05, 3.63) is 50.0 Å². The molecule has 20 heavy (non-hydrogen) atoms. The Hall–Kier alpha value is -0.573. The molecular weight excluding hydrogens is 348 g/mol. The third-order valence-electron chi connectivity index (χ3n) is 4.94. The maximum atomic E-state index is 6.88. The average Bonchev–Trinajstić information content (AvgIpc) is 2.99. The van der Waals surface area contributed by atoms with E-state index in [9.17, 15) is 0 Å². The lowest BCUT2D eigenvalue weighted by Gasteiger charge is -2.23. The summed E-state index contributed by atoms with van der Waals surface area (Å²) in [5.41, 5.74) is 7.23. The van der Waals surface area contributed by atoms with Crippen molar-refractivity contribution in [2.24, 2.45) is 0 Å². The van der Waals surface area contributed by atoms with Gasteiger partial charge in [-0.3, -0.25) is 0 Å². The van der Waals surface area contributed by atoms with Crippen LogP contribution in [0.4, 0.5) is 0 Å². The van der Waals surface area contributed by atoms with Crippen LogP contribution in [0.5, 0.6) is 0 Å². The molecule has 0 unspecified atom stereocenters. The lowest BCUT2D eigenvalue weighted by Crippen LogP contribution is -2.40. The highest BCUT2D eigenvalue weighted by molar-refractivity contribution is 9.10. The minimum absolute atomic E-state index is 1.02. The molecule has 0 nitrogen and oxygen atoms in total. The standard InChI is InChI=1S/C17H16BrClSi/c1-9-8-11-12(10-6-4-5-7-10)15(19)17-14(18)13(11)16(9)20(17,2)3/h4-6H,7-8H2,1-3H3. The molecule has 1 heterocycles. The maximum Gasteiger partial charge on any atom is 0.116 e. The molecule has 0 amide bonds. The van der Waals surface area contributed by atoms with Gasteiger partial charge in [0.05, 0.1) is 0 Å². The molecule has 1 aromatic carbocycles. The van der Waals surface area contributed by atoms with Crippen LogP contribution in [0.2, 0.25) is 18.1 Å². The smallest absolute Gasteiger partial charge is 0.0837 e. The molecule has 0 spiro atoms. The molecule has 2 aliphatic carbocycles. The highest BCUT2D eigenvalue weighted by atomic mass is 79.9. The van der Waals surface area contributed by atoms with Gasteiger partial charge in [0, 0.05) is 15.1 Å². The number of allylic oxidation sites excluding steroid dienone is 5. The summed E-state index contributed by atoms with van der Waals surface area (Å²) in [4.78, 5) is 0. The van der Waals surface area contributed by atoms with Crippen LogP contribution < -0.4 is 5.19 Å². The van der Waals surface area contributed by atoms with Crippen molar-refractivity contribution in [3.63, 3.8) is 0 Å². The van der Waals surface area contributed by atoms with Gasteiger partial charge in [-0.2, -0.15) is 0 Å². The van der Waals surface area contributed by atoms with Crippen LogP contribution in [0.15, 0.2) is 28.3 Å². The van der Waals surface area contributed by atoms with Crippen LogP contribution >= 0.6 is 27.5 Å². The first kappa shape index (κ1) is 13.1. The van der Waals surface area contributed by atoms with Crippen molar-refractivity contribution in [1.29, 1.82) is 0 Å². The molecule has 0 saturated carbocycles.